The summed E-state index contributed by atoms with van der Waals surface area (Å²) in [5, 5.41) is 10.6. The molecule has 43 heavy (non-hydrogen) atoms. The minimum absolute atomic E-state index is 0. The molecule has 0 saturated heterocycles. The molecule has 14 heteroatoms. The van der Waals surface area contributed by atoms with Crippen LogP contribution < -0.4 is 18.9 Å². The first-order chi connectivity index (χ1) is 19.7. The van der Waals surface area contributed by atoms with E-state index in [1.165, 1.54) is 35.7 Å². The number of aromatic carboxylic acids is 1. The molecule has 0 fully saturated rings. The summed E-state index contributed by atoms with van der Waals surface area (Å²) in [6, 6.07) is 14.9. The molecule has 13 nitrogen and oxygen atoms in total. The molecular weight excluding hydrogens is 551 g/mol. The zero-order valence-electron chi connectivity index (χ0n) is 23.7. The van der Waals surface area contributed by atoms with Crippen molar-refractivity contribution in [2.24, 2.45) is 14.1 Å². The Hall–Kier alpha value is -5.22. The number of methoxy groups -OCH3 is 1. The van der Waals surface area contributed by atoms with Crippen LogP contribution in [-0.2, 0) is 18.8 Å². The van der Waals surface area contributed by atoms with Crippen LogP contribution in [0.1, 0.15) is 53.3 Å². The van der Waals surface area contributed by atoms with Crippen molar-refractivity contribution in [3.8, 4) is 0 Å². The third-order valence-electron chi connectivity index (χ3n) is 6.66. The number of imidazole rings is 2. The molecule has 0 radical (unpaired) electrons. The molecule has 214 valence electrons. The smallest absolute Gasteiger partial charge is 0.870 e. The number of para-hydroxylation sites is 2. The standard InChI is InChI=1S/C15H13N3O3.C14H11N3O3.Li.H2O/c1-18-12(15(20)21-2)8-17-14(18)13(19)10-7-16-11-6-4-3-5-9(10)11;1-17-11(14(19)20)7-16-13(17)12(18)9-6-15-10-5-3-2-4-8(9)10;;/h3-8,16H,1-2H3;2-7,15H,1H3,(H,19,20);;1H2/q;;+1;/p-1. The number of carbonyl (C=O) groups is 4. The van der Waals surface area contributed by atoms with Crippen LogP contribution in [0.5, 0.6) is 0 Å². The van der Waals surface area contributed by atoms with E-state index in [2.05, 4.69) is 24.7 Å². The third-order valence-corrected chi connectivity index (χ3v) is 6.66. The van der Waals surface area contributed by atoms with Gasteiger partial charge in [0.1, 0.15) is 11.4 Å². The second kappa shape index (κ2) is 13.2. The van der Waals surface area contributed by atoms with Gasteiger partial charge in [0.05, 0.1) is 30.6 Å². The van der Waals surface area contributed by atoms with E-state index in [1.54, 1.807) is 19.4 Å². The summed E-state index contributed by atoms with van der Waals surface area (Å²) in [5.74, 6) is -1.89. The van der Waals surface area contributed by atoms with Gasteiger partial charge in [0, 0.05) is 48.3 Å². The molecule has 0 aliphatic rings. The number of ketones is 2. The number of rotatable bonds is 6. The van der Waals surface area contributed by atoms with Crippen molar-refractivity contribution in [2.45, 2.75) is 0 Å². The number of aromatic amines is 2. The van der Waals surface area contributed by atoms with Gasteiger partial charge in [-0.25, -0.2) is 19.6 Å². The van der Waals surface area contributed by atoms with E-state index in [0.717, 1.165) is 21.8 Å². The molecule has 4 aromatic heterocycles. The van der Waals surface area contributed by atoms with Gasteiger partial charge in [-0.2, -0.15) is 0 Å². The average Bonchev–Trinajstić information content (AvgIpc) is 3.77. The largest absolute Gasteiger partial charge is 1.00 e. The molecule has 0 aliphatic heterocycles. The van der Waals surface area contributed by atoms with Gasteiger partial charge in [0.2, 0.25) is 11.6 Å². The Labute approximate surface area is 256 Å². The van der Waals surface area contributed by atoms with E-state index in [0.29, 0.717) is 11.1 Å². The minimum atomic E-state index is -1.11. The van der Waals surface area contributed by atoms with Crippen molar-refractivity contribution in [3.63, 3.8) is 0 Å². The van der Waals surface area contributed by atoms with Gasteiger partial charge in [-0.3, -0.25) is 9.59 Å². The predicted molar refractivity (Wildman–Crippen MR) is 150 cm³/mol. The Morgan fingerprint density at radius 3 is 1.58 bits per heavy atom. The summed E-state index contributed by atoms with van der Waals surface area (Å²) in [4.78, 5) is 61.7. The molecule has 6 aromatic rings. The van der Waals surface area contributed by atoms with Gasteiger partial charge in [-0.15, -0.1) is 0 Å². The van der Waals surface area contributed by atoms with Crippen molar-refractivity contribution in [2.75, 3.05) is 7.11 Å². The summed E-state index contributed by atoms with van der Waals surface area (Å²) < 4.78 is 7.38. The van der Waals surface area contributed by atoms with E-state index in [4.69, 9.17) is 5.11 Å². The number of nitrogens with one attached hydrogen (secondary N) is 2. The van der Waals surface area contributed by atoms with Crippen LogP contribution in [0.4, 0.5) is 0 Å². The van der Waals surface area contributed by atoms with Crippen LogP contribution in [-0.4, -0.2) is 70.3 Å². The molecule has 4 heterocycles. The zero-order chi connectivity index (χ0) is 29.3. The summed E-state index contributed by atoms with van der Waals surface area (Å²) in [6.07, 6.45) is 5.79. The molecule has 6 rings (SSSR count). The van der Waals surface area contributed by atoms with Gasteiger partial charge >= 0.3 is 30.8 Å². The van der Waals surface area contributed by atoms with Crippen molar-refractivity contribution >= 4 is 45.3 Å². The van der Waals surface area contributed by atoms with Crippen LogP contribution in [0.2, 0.25) is 0 Å². The van der Waals surface area contributed by atoms with Crippen LogP contribution in [0.25, 0.3) is 21.8 Å². The number of aromatic nitrogens is 6. The van der Waals surface area contributed by atoms with Crippen molar-refractivity contribution in [1.29, 1.82) is 0 Å². The molecule has 0 bridgehead atoms. The molecule has 0 amide bonds. The number of ether oxygens (including phenoxy) is 1. The molecule has 4 N–H and O–H groups in total. The summed E-state index contributed by atoms with van der Waals surface area (Å²) in [5.41, 5.74) is 2.95. The maximum Gasteiger partial charge on any atom is 1.00 e. The number of benzene rings is 2. The second-order valence-corrected chi connectivity index (χ2v) is 9.00. The molecule has 0 unspecified atom stereocenters. The minimum Gasteiger partial charge on any atom is -0.870 e. The topological polar surface area (TPSA) is 195 Å². The fraction of sp³-hybridized carbons (Fsp3) is 0.103. The number of hydrogen-bond donors (Lipinski definition) is 3. The number of H-pyrrole nitrogens is 2. The van der Waals surface area contributed by atoms with Gasteiger partial charge in [0.25, 0.3) is 0 Å². The Bertz CT molecular complexity index is 1970. The van der Waals surface area contributed by atoms with Gasteiger partial charge in [0.15, 0.2) is 11.6 Å². The Morgan fingerprint density at radius 1 is 0.744 bits per heavy atom. The van der Waals surface area contributed by atoms with Gasteiger partial charge in [-0.05, 0) is 12.1 Å². The molecule has 2 aromatic carbocycles. The number of fused-ring (bicyclic) bond motifs is 2. The van der Waals surface area contributed by atoms with Crippen LogP contribution in [0.3, 0.4) is 0 Å². The first kappa shape index (κ1) is 32.3. The van der Waals surface area contributed by atoms with E-state index < -0.39 is 11.9 Å². The molecule has 0 atom stereocenters. The monoisotopic (exact) mass is 576 g/mol. The van der Waals surface area contributed by atoms with E-state index in [9.17, 15) is 19.2 Å². The summed E-state index contributed by atoms with van der Waals surface area (Å²) in [7, 11) is 4.41. The summed E-state index contributed by atoms with van der Waals surface area (Å²) in [6.45, 7) is 0. The Balaban J connectivity index is 0.000000225. The summed E-state index contributed by atoms with van der Waals surface area (Å²) >= 11 is 0. The average molecular weight is 576 g/mol. The van der Waals surface area contributed by atoms with Gasteiger partial charge < -0.3 is 34.4 Å². The number of carbonyl (C=O) groups excluding carboxylic acids is 3. The van der Waals surface area contributed by atoms with Crippen molar-refractivity contribution < 1.29 is 53.4 Å². The fourth-order valence-electron chi connectivity index (χ4n) is 4.49. The second-order valence-electron chi connectivity index (χ2n) is 9.00. The maximum absolute atomic E-state index is 12.6. The number of nitrogens with zero attached hydrogens (tertiary/aromatic N) is 4. The van der Waals surface area contributed by atoms with Crippen LogP contribution in [0, 0.1) is 0 Å². The molecule has 0 aliphatic carbocycles. The Morgan fingerprint density at radius 2 is 1.16 bits per heavy atom. The number of hydrogen-bond acceptors (Lipinski definition) is 8. The maximum atomic E-state index is 12.6. The normalized spacial score (nSPS) is 10.3. The van der Waals surface area contributed by atoms with Gasteiger partial charge in [-0.1, -0.05) is 36.4 Å². The van der Waals surface area contributed by atoms with Crippen molar-refractivity contribution in [1.82, 2.24) is 29.1 Å². The van der Waals surface area contributed by atoms with Crippen molar-refractivity contribution in [3.05, 3.63) is 107 Å². The Kier molecular flexibility index (Phi) is 9.89. The van der Waals surface area contributed by atoms with Crippen LogP contribution >= 0.6 is 0 Å². The third kappa shape index (κ3) is 5.91. The first-order valence-corrected chi connectivity index (χ1v) is 12.3. The van der Waals surface area contributed by atoms with Crippen LogP contribution in [0.15, 0.2) is 73.3 Å². The zero-order valence-corrected chi connectivity index (χ0v) is 23.7. The predicted octanol–water partition coefficient (Wildman–Crippen LogP) is 0.577. The van der Waals surface area contributed by atoms with E-state index >= 15 is 0 Å². The SMILES string of the molecule is COC(=O)c1cnc(C(=O)c2c[nH]c3ccccc23)n1C.Cn1c(C(=O)O)cnc1C(=O)c1c[nH]c2ccccc12.[Li+].[OH-]. The number of carboxylic acids is 1. The number of esters is 1. The molecule has 0 spiro atoms. The molecular formula is C29H25LiN6O7. The van der Waals surface area contributed by atoms with E-state index in [-0.39, 0.29) is 58.9 Å². The number of carboxylic acid groups (broad SMARTS) is 1. The first-order valence-electron chi connectivity index (χ1n) is 12.3. The van der Waals surface area contributed by atoms with E-state index in [1.807, 2.05) is 48.5 Å². The quantitative estimate of drug-likeness (QED) is 0.144. The fourth-order valence-corrected chi connectivity index (χ4v) is 4.49. The molecule has 0 saturated carbocycles.